The number of H-pyrrole nitrogens is 1. The van der Waals surface area contributed by atoms with E-state index in [0.717, 1.165) is 21.4 Å². The zero-order valence-electron chi connectivity index (χ0n) is 14.1. The summed E-state index contributed by atoms with van der Waals surface area (Å²) in [7, 11) is 0. The van der Waals surface area contributed by atoms with E-state index in [2.05, 4.69) is 10.3 Å². The number of fused-ring (bicyclic) bond motifs is 1. The number of hydrogen-bond donors (Lipinski definition) is 3. The largest absolute Gasteiger partial charge is 0.401 e. The third-order valence-corrected chi connectivity index (χ3v) is 4.29. The van der Waals surface area contributed by atoms with Crippen LogP contribution in [-0.2, 0) is 16.0 Å². The van der Waals surface area contributed by atoms with Crippen molar-refractivity contribution in [2.45, 2.75) is 19.4 Å². The number of ketones is 1. The monoisotopic (exact) mass is 351 g/mol. The van der Waals surface area contributed by atoms with Crippen molar-refractivity contribution in [3.05, 3.63) is 47.3 Å². The second kappa shape index (κ2) is 6.72. The van der Waals surface area contributed by atoms with E-state index >= 15 is 0 Å². The van der Waals surface area contributed by atoms with Gasteiger partial charge in [-0.3, -0.25) is 14.5 Å². The zero-order chi connectivity index (χ0) is 18.8. The molecule has 1 unspecified atom stereocenters. The molecule has 1 aromatic carbocycles. The van der Waals surface area contributed by atoms with E-state index in [-0.39, 0.29) is 11.3 Å². The molecule has 1 aliphatic heterocycles. The molecule has 4 N–H and O–H groups in total. The molecule has 2 heterocycles. The van der Waals surface area contributed by atoms with Gasteiger partial charge < -0.3 is 16.0 Å². The molecule has 8 nitrogen and oxygen atoms in total. The van der Waals surface area contributed by atoms with Crippen molar-refractivity contribution in [1.29, 1.82) is 5.26 Å². The number of nitriles is 1. The molecule has 1 aliphatic rings. The molecular formula is C18H17N5O3. The summed E-state index contributed by atoms with van der Waals surface area (Å²) in [6.07, 6.45) is 2.10. The van der Waals surface area contributed by atoms with Gasteiger partial charge in [-0.2, -0.15) is 5.26 Å². The summed E-state index contributed by atoms with van der Waals surface area (Å²) in [6.45, 7) is 0.911. The Morgan fingerprint density at radius 2 is 2.08 bits per heavy atom. The van der Waals surface area contributed by atoms with Gasteiger partial charge in [-0.1, -0.05) is 18.2 Å². The number of allylic oxidation sites excluding steroid dienone is 1. The number of Topliss-reactive ketones (excluding diaryl/α,β-unsaturated/α-hetero) is 1. The van der Waals surface area contributed by atoms with E-state index in [9.17, 15) is 14.4 Å². The van der Waals surface area contributed by atoms with Crippen LogP contribution in [-0.4, -0.2) is 40.2 Å². The molecular weight excluding hydrogens is 334 g/mol. The summed E-state index contributed by atoms with van der Waals surface area (Å²) in [6, 6.07) is 7.93. The molecule has 1 atom stereocenters. The number of nitrogens with two attached hydrogens (primary N) is 1. The van der Waals surface area contributed by atoms with Crippen LogP contribution in [0.3, 0.4) is 0 Å². The first kappa shape index (κ1) is 17.2. The number of nitrogens with zero attached hydrogens (tertiary/aromatic N) is 2. The van der Waals surface area contributed by atoms with Gasteiger partial charge in [0.05, 0.1) is 6.54 Å². The maximum Gasteiger partial charge on any atom is 0.325 e. The average molecular weight is 351 g/mol. The molecule has 0 bridgehead atoms. The number of para-hydroxylation sites is 1. The fourth-order valence-electron chi connectivity index (χ4n) is 2.98. The molecule has 3 amide bonds. The molecule has 132 valence electrons. The summed E-state index contributed by atoms with van der Waals surface area (Å²) >= 11 is 0. The molecule has 0 saturated carbocycles. The lowest BCUT2D eigenvalue weighted by atomic mass is 10.0. The number of hydrogen-bond acceptors (Lipinski definition) is 5. The summed E-state index contributed by atoms with van der Waals surface area (Å²) in [5.74, 6) is -1.16. The normalized spacial score (nSPS) is 17.8. The summed E-state index contributed by atoms with van der Waals surface area (Å²) in [5, 5.41) is 12.5. The number of aromatic nitrogens is 1. The Bertz CT molecular complexity index is 978. The fourth-order valence-corrected chi connectivity index (χ4v) is 2.98. The maximum atomic E-state index is 12.5. The Kier molecular flexibility index (Phi) is 4.45. The van der Waals surface area contributed by atoms with Crippen molar-refractivity contribution in [1.82, 2.24) is 15.2 Å². The number of nitrogens with one attached hydrogen (secondary N) is 2. The van der Waals surface area contributed by atoms with E-state index < -0.39 is 30.3 Å². The number of aromatic amines is 1. The van der Waals surface area contributed by atoms with Crippen molar-refractivity contribution < 1.29 is 14.4 Å². The number of carbonyl (C=O) groups is 3. The van der Waals surface area contributed by atoms with Crippen LogP contribution >= 0.6 is 0 Å². The fraction of sp³-hybridized carbons (Fsp3) is 0.222. The molecule has 2 aromatic rings. The molecule has 3 rings (SSSR count). The van der Waals surface area contributed by atoms with Crippen LogP contribution in [0.4, 0.5) is 4.79 Å². The Balaban J connectivity index is 1.76. The quantitative estimate of drug-likeness (QED) is 0.419. The number of urea groups is 1. The number of benzene rings is 1. The van der Waals surface area contributed by atoms with Gasteiger partial charge >= 0.3 is 6.03 Å². The van der Waals surface area contributed by atoms with E-state index in [4.69, 9.17) is 11.0 Å². The third-order valence-electron chi connectivity index (χ3n) is 4.29. The Labute approximate surface area is 149 Å². The van der Waals surface area contributed by atoms with E-state index in [0.29, 0.717) is 6.42 Å². The van der Waals surface area contributed by atoms with Crippen molar-refractivity contribution in [2.24, 2.45) is 5.73 Å². The first-order valence-corrected chi connectivity index (χ1v) is 7.99. The van der Waals surface area contributed by atoms with Gasteiger partial charge in [0.1, 0.15) is 17.7 Å². The first-order valence-electron chi connectivity index (χ1n) is 7.99. The minimum atomic E-state index is -0.761. The van der Waals surface area contributed by atoms with E-state index in [1.807, 2.05) is 24.3 Å². The molecule has 1 aromatic heterocycles. The molecule has 0 radical (unpaired) electrons. The lowest BCUT2D eigenvalue weighted by molar-refractivity contribution is -0.130. The van der Waals surface area contributed by atoms with Crippen LogP contribution in [0.15, 0.2) is 41.7 Å². The van der Waals surface area contributed by atoms with Gasteiger partial charge in [0.25, 0.3) is 5.91 Å². The van der Waals surface area contributed by atoms with Gasteiger partial charge in [0, 0.05) is 29.2 Å². The standard InChI is InChI=1S/C18H17N5O3/c1-10(20)13(7-19)16(24)9-23-17(25)15(22-18(23)26)6-11-8-21-14-5-3-2-4-12(11)14/h2-5,8,15,21H,6,9,20H2,1H3,(H,22,26)/b13-10-. The highest BCUT2D eigenvalue weighted by molar-refractivity contribution is 6.10. The van der Waals surface area contributed by atoms with Crippen molar-refractivity contribution in [3.63, 3.8) is 0 Å². The predicted molar refractivity (Wildman–Crippen MR) is 93.5 cm³/mol. The van der Waals surface area contributed by atoms with Gasteiger partial charge in [0.2, 0.25) is 0 Å². The number of rotatable bonds is 5. The number of amides is 3. The SMILES string of the molecule is C/C(N)=C(\C#N)C(=O)CN1C(=O)NC(Cc2c[nH]c3ccccc23)C1=O. The van der Waals surface area contributed by atoms with Crippen LogP contribution in [0.5, 0.6) is 0 Å². The second-order valence-corrected chi connectivity index (χ2v) is 6.08. The highest BCUT2D eigenvalue weighted by atomic mass is 16.2. The minimum absolute atomic E-state index is 0.0555. The van der Waals surface area contributed by atoms with Crippen LogP contribution in [0.2, 0.25) is 0 Å². The molecule has 8 heteroatoms. The van der Waals surface area contributed by atoms with E-state index in [1.165, 1.54) is 6.92 Å². The van der Waals surface area contributed by atoms with Crippen LogP contribution < -0.4 is 11.1 Å². The second-order valence-electron chi connectivity index (χ2n) is 6.08. The Hall–Kier alpha value is -3.60. The Morgan fingerprint density at radius 1 is 1.35 bits per heavy atom. The first-order chi connectivity index (χ1) is 12.4. The number of carbonyl (C=O) groups excluding carboxylic acids is 3. The minimum Gasteiger partial charge on any atom is -0.401 e. The van der Waals surface area contributed by atoms with Gasteiger partial charge in [-0.25, -0.2) is 4.79 Å². The predicted octanol–water partition coefficient (Wildman–Crippen LogP) is 0.956. The lowest BCUT2D eigenvalue weighted by Crippen LogP contribution is -2.37. The lowest BCUT2D eigenvalue weighted by Gasteiger charge is -2.12. The highest BCUT2D eigenvalue weighted by Gasteiger charge is 2.39. The van der Waals surface area contributed by atoms with Crippen molar-refractivity contribution in [3.8, 4) is 6.07 Å². The van der Waals surface area contributed by atoms with Gasteiger partial charge in [-0.15, -0.1) is 0 Å². The Morgan fingerprint density at radius 3 is 2.77 bits per heavy atom. The van der Waals surface area contributed by atoms with Crippen molar-refractivity contribution >= 4 is 28.6 Å². The van der Waals surface area contributed by atoms with E-state index in [1.54, 1.807) is 12.3 Å². The van der Waals surface area contributed by atoms with Crippen LogP contribution in [0.25, 0.3) is 10.9 Å². The van der Waals surface area contributed by atoms with Crippen molar-refractivity contribution in [2.75, 3.05) is 6.54 Å². The molecule has 26 heavy (non-hydrogen) atoms. The van der Waals surface area contributed by atoms with Crippen LogP contribution in [0, 0.1) is 11.3 Å². The summed E-state index contributed by atoms with van der Waals surface area (Å²) < 4.78 is 0. The number of imide groups is 1. The summed E-state index contributed by atoms with van der Waals surface area (Å²) in [4.78, 5) is 40.7. The zero-order valence-corrected chi connectivity index (χ0v) is 14.1. The molecule has 1 fully saturated rings. The maximum absolute atomic E-state index is 12.5. The smallest absolute Gasteiger partial charge is 0.325 e. The van der Waals surface area contributed by atoms with Gasteiger partial charge in [-0.05, 0) is 18.6 Å². The topological polar surface area (TPSA) is 132 Å². The average Bonchev–Trinajstić information content (AvgIpc) is 3.12. The van der Waals surface area contributed by atoms with Crippen LogP contribution in [0.1, 0.15) is 12.5 Å². The molecule has 0 aliphatic carbocycles. The summed E-state index contributed by atoms with van der Waals surface area (Å²) in [5.41, 5.74) is 7.13. The third kappa shape index (κ3) is 3.02. The van der Waals surface area contributed by atoms with Gasteiger partial charge in [0.15, 0.2) is 5.78 Å². The molecule has 1 saturated heterocycles. The highest BCUT2D eigenvalue weighted by Crippen LogP contribution is 2.21. The molecule has 0 spiro atoms.